The molecule has 132 valence electrons. The molecule has 23 heavy (non-hydrogen) atoms. The van der Waals surface area contributed by atoms with Gasteiger partial charge in [0.1, 0.15) is 5.75 Å². The first kappa shape index (κ1) is 21.4. The number of benzene rings is 1. The van der Waals surface area contributed by atoms with E-state index in [0.29, 0.717) is 18.6 Å². The topological polar surface area (TPSA) is 69.6 Å². The van der Waals surface area contributed by atoms with Crippen LogP contribution in [0.3, 0.4) is 0 Å². The van der Waals surface area contributed by atoms with Gasteiger partial charge in [-0.15, -0.1) is 0 Å². The van der Waals surface area contributed by atoms with Gasteiger partial charge in [0.2, 0.25) is 0 Å². The normalized spacial score (nSPS) is 11.5. The SMILES string of the molecule is COC(=O)CCc1cc(C(C)(C)C)c(O)c(C(C)(C)C)c1.C[O-]. The molecule has 0 spiro atoms. The molecule has 1 aromatic carbocycles. The number of hydrogen-bond acceptors (Lipinski definition) is 4. The highest BCUT2D eigenvalue weighted by molar-refractivity contribution is 5.69. The fourth-order valence-corrected chi connectivity index (χ4v) is 2.33. The molecule has 0 unspecified atom stereocenters. The molecule has 0 saturated heterocycles. The first-order valence-corrected chi connectivity index (χ1v) is 7.81. The molecule has 1 N–H and O–H groups in total. The molecule has 0 fully saturated rings. The third-order valence-corrected chi connectivity index (χ3v) is 3.63. The van der Waals surface area contributed by atoms with Crippen molar-refractivity contribution in [3.8, 4) is 5.75 Å². The minimum Gasteiger partial charge on any atom is -0.857 e. The molecule has 0 aromatic heterocycles. The van der Waals surface area contributed by atoms with Gasteiger partial charge in [-0.1, -0.05) is 53.7 Å². The summed E-state index contributed by atoms with van der Waals surface area (Å²) in [5, 5.41) is 18.9. The van der Waals surface area contributed by atoms with Crippen molar-refractivity contribution in [1.82, 2.24) is 0 Å². The number of ether oxygens (including phenoxy) is 1. The summed E-state index contributed by atoms with van der Waals surface area (Å²) in [6, 6.07) is 4.01. The van der Waals surface area contributed by atoms with Gasteiger partial charge in [-0.3, -0.25) is 4.79 Å². The van der Waals surface area contributed by atoms with E-state index in [-0.39, 0.29) is 16.8 Å². The van der Waals surface area contributed by atoms with E-state index in [4.69, 9.17) is 9.84 Å². The molecule has 0 bridgehead atoms. The van der Waals surface area contributed by atoms with Gasteiger partial charge in [-0.25, -0.2) is 0 Å². The van der Waals surface area contributed by atoms with Crippen molar-refractivity contribution in [2.45, 2.75) is 65.2 Å². The van der Waals surface area contributed by atoms with E-state index in [1.807, 2.05) is 12.1 Å². The fourth-order valence-electron chi connectivity index (χ4n) is 2.33. The van der Waals surface area contributed by atoms with Crippen LogP contribution in [0.4, 0.5) is 0 Å². The second kappa shape index (κ2) is 8.34. The molecule has 0 saturated carbocycles. The van der Waals surface area contributed by atoms with E-state index >= 15 is 0 Å². The average molecular weight is 323 g/mol. The van der Waals surface area contributed by atoms with Crippen LogP contribution in [-0.4, -0.2) is 25.3 Å². The van der Waals surface area contributed by atoms with Gasteiger partial charge < -0.3 is 14.9 Å². The number of aromatic hydroxyl groups is 1. The molecule has 0 aliphatic rings. The third-order valence-electron chi connectivity index (χ3n) is 3.63. The Morgan fingerprint density at radius 3 is 1.74 bits per heavy atom. The molecule has 0 aliphatic carbocycles. The quantitative estimate of drug-likeness (QED) is 0.868. The van der Waals surface area contributed by atoms with E-state index in [2.05, 4.69) is 41.5 Å². The van der Waals surface area contributed by atoms with Crippen LogP contribution in [0.25, 0.3) is 0 Å². The molecule has 1 rings (SSSR count). The summed E-state index contributed by atoms with van der Waals surface area (Å²) in [6.07, 6.45) is 0.980. The highest BCUT2D eigenvalue weighted by Crippen LogP contribution is 2.39. The summed E-state index contributed by atoms with van der Waals surface area (Å²) in [5.74, 6) is 0.162. The number of phenolic OH excluding ortho intramolecular Hbond substituents is 1. The van der Waals surface area contributed by atoms with Gasteiger partial charge in [0, 0.05) is 6.42 Å². The molecule has 0 heterocycles. The van der Waals surface area contributed by atoms with E-state index in [1.165, 1.54) is 7.11 Å². The predicted molar refractivity (Wildman–Crippen MR) is 91.8 cm³/mol. The fraction of sp³-hybridized carbons (Fsp3) is 0.632. The second-order valence-electron chi connectivity index (χ2n) is 7.62. The van der Waals surface area contributed by atoms with Crippen molar-refractivity contribution in [1.29, 1.82) is 0 Å². The van der Waals surface area contributed by atoms with Crippen LogP contribution in [0.15, 0.2) is 12.1 Å². The summed E-state index contributed by atoms with van der Waals surface area (Å²) in [6.45, 7) is 12.5. The molecule has 1 aromatic rings. The van der Waals surface area contributed by atoms with E-state index in [0.717, 1.165) is 23.8 Å². The number of aryl methyl sites for hydroxylation is 1. The van der Waals surface area contributed by atoms with Crippen molar-refractivity contribution < 1.29 is 19.7 Å². The van der Waals surface area contributed by atoms with Crippen LogP contribution in [0.5, 0.6) is 5.75 Å². The van der Waals surface area contributed by atoms with Crippen LogP contribution >= 0.6 is 0 Å². The lowest BCUT2D eigenvalue weighted by molar-refractivity contribution is -0.325. The first-order chi connectivity index (χ1) is 10.5. The minimum atomic E-state index is -0.210. The molecule has 0 radical (unpaired) electrons. The Labute approximate surface area is 140 Å². The number of carbonyl (C=O) groups excluding carboxylic acids is 1. The van der Waals surface area contributed by atoms with Crippen LogP contribution in [0, 0.1) is 0 Å². The molecule has 0 atom stereocenters. The summed E-state index contributed by atoms with van der Waals surface area (Å²) in [4.78, 5) is 11.3. The highest BCUT2D eigenvalue weighted by atomic mass is 16.5. The largest absolute Gasteiger partial charge is 0.857 e. The van der Waals surface area contributed by atoms with Crippen LogP contribution < -0.4 is 5.11 Å². The van der Waals surface area contributed by atoms with Gasteiger partial charge in [0.15, 0.2) is 0 Å². The van der Waals surface area contributed by atoms with Gasteiger partial charge in [-0.05, 0) is 33.9 Å². The Morgan fingerprint density at radius 1 is 1.04 bits per heavy atom. The Balaban J connectivity index is 0.00000232. The maximum atomic E-state index is 11.3. The van der Waals surface area contributed by atoms with Crippen LogP contribution in [-0.2, 0) is 26.8 Å². The molecule has 4 nitrogen and oxygen atoms in total. The lowest BCUT2D eigenvalue weighted by Crippen LogP contribution is -2.18. The number of phenols is 1. The van der Waals surface area contributed by atoms with Gasteiger partial charge >= 0.3 is 5.97 Å². The van der Waals surface area contributed by atoms with Gasteiger partial charge in [0.25, 0.3) is 0 Å². The molecular formula is C19H31O4-. The Kier molecular flexibility index (Phi) is 7.78. The third kappa shape index (κ3) is 6.22. The average Bonchev–Trinajstić information content (AvgIpc) is 2.45. The molecule has 4 heteroatoms. The Morgan fingerprint density at radius 2 is 1.43 bits per heavy atom. The summed E-state index contributed by atoms with van der Waals surface area (Å²) in [5.41, 5.74) is 2.62. The van der Waals surface area contributed by atoms with Crippen molar-refractivity contribution in [2.75, 3.05) is 14.2 Å². The molecule has 0 amide bonds. The van der Waals surface area contributed by atoms with Crippen LogP contribution in [0.2, 0.25) is 0 Å². The number of methoxy groups -OCH3 is 1. The Bertz CT molecular complexity index is 484. The zero-order chi connectivity index (χ0) is 18.4. The summed E-state index contributed by atoms with van der Waals surface area (Å²) in [7, 11) is 2.15. The summed E-state index contributed by atoms with van der Waals surface area (Å²) >= 11 is 0. The second-order valence-corrected chi connectivity index (χ2v) is 7.62. The lowest BCUT2D eigenvalue weighted by atomic mass is 9.78. The van der Waals surface area contributed by atoms with E-state index in [1.54, 1.807) is 0 Å². The monoisotopic (exact) mass is 323 g/mol. The smallest absolute Gasteiger partial charge is 0.305 e. The van der Waals surface area contributed by atoms with Crippen molar-refractivity contribution in [3.63, 3.8) is 0 Å². The number of carbonyl (C=O) groups is 1. The van der Waals surface area contributed by atoms with Crippen molar-refractivity contribution in [2.24, 2.45) is 0 Å². The summed E-state index contributed by atoms with van der Waals surface area (Å²) < 4.78 is 4.70. The highest BCUT2D eigenvalue weighted by Gasteiger charge is 2.26. The van der Waals surface area contributed by atoms with E-state index in [9.17, 15) is 9.90 Å². The van der Waals surface area contributed by atoms with Gasteiger partial charge in [0.05, 0.1) is 7.11 Å². The maximum Gasteiger partial charge on any atom is 0.305 e. The van der Waals surface area contributed by atoms with Gasteiger partial charge in [-0.2, -0.15) is 7.11 Å². The van der Waals surface area contributed by atoms with Crippen molar-refractivity contribution >= 4 is 5.97 Å². The number of rotatable bonds is 3. The molecule has 0 aliphatic heterocycles. The number of hydrogen-bond donors (Lipinski definition) is 1. The zero-order valence-electron chi connectivity index (χ0n) is 15.7. The number of esters is 1. The predicted octanol–water partition coefficient (Wildman–Crippen LogP) is 3.07. The lowest BCUT2D eigenvalue weighted by Gasteiger charge is -2.28. The maximum absolute atomic E-state index is 11.3. The first-order valence-electron chi connectivity index (χ1n) is 7.81. The van der Waals surface area contributed by atoms with E-state index < -0.39 is 0 Å². The van der Waals surface area contributed by atoms with Crippen LogP contribution in [0.1, 0.15) is 64.7 Å². The zero-order valence-corrected chi connectivity index (χ0v) is 15.7. The van der Waals surface area contributed by atoms with Crippen molar-refractivity contribution in [3.05, 3.63) is 28.8 Å². The Hall–Kier alpha value is -1.55. The standard InChI is InChI=1S/C18H28O3.CH3O/c1-17(2,3)13-10-12(8-9-15(19)21-7)11-14(16(13)20)18(4,5)6;1-2/h10-11,20H,8-9H2,1-7H3;1H3/q;-1. The molecular weight excluding hydrogens is 292 g/mol. The minimum absolute atomic E-state index is 0.147.